The van der Waals surface area contributed by atoms with Gasteiger partial charge in [0.05, 0.1) is 51.3 Å². The van der Waals surface area contributed by atoms with Crippen molar-refractivity contribution in [3.63, 3.8) is 0 Å². The normalized spacial score (nSPS) is 29.7. The third kappa shape index (κ3) is 5.79. The van der Waals surface area contributed by atoms with Gasteiger partial charge < -0.3 is 29.0 Å². The van der Waals surface area contributed by atoms with Gasteiger partial charge in [-0.1, -0.05) is 6.42 Å². The van der Waals surface area contributed by atoms with E-state index in [9.17, 15) is 5.11 Å². The number of aromatic nitrogens is 5. The van der Waals surface area contributed by atoms with Crippen molar-refractivity contribution in [2.75, 3.05) is 58.6 Å². The number of nitrogens with zero attached hydrogens (tertiary/aromatic N) is 6. The predicted octanol–water partition coefficient (Wildman–Crippen LogP) is 5.68. The number of likely N-dealkylation sites (tertiary alicyclic amines) is 1. The van der Waals surface area contributed by atoms with E-state index in [0.717, 1.165) is 91.9 Å². The summed E-state index contributed by atoms with van der Waals surface area (Å²) in [6, 6.07) is 3.17. The van der Waals surface area contributed by atoms with Crippen molar-refractivity contribution in [3.8, 4) is 23.1 Å². The zero-order valence-corrected chi connectivity index (χ0v) is 30.7. The molecule has 3 aliphatic carbocycles. The topological polar surface area (TPSA) is 131 Å². The number of pyridine rings is 1. The van der Waals surface area contributed by atoms with Crippen LogP contribution in [0.4, 0.5) is 10.2 Å². The molecule has 0 bridgehead atoms. The number of anilines is 1. The molecule has 278 valence electrons. The minimum absolute atomic E-state index is 0.0255. The first-order valence-corrected chi connectivity index (χ1v) is 19.1. The summed E-state index contributed by atoms with van der Waals surface area (Å²) in [7, 11) is 3.35. The molecule has 3 atom stereocenters. The lowest BCUT2D eigenvalue weighted by Gasteiger charge is -2.53. The molecule has 3 saturated carbocycles. The van der Waals surface area contributed by atoms with Crippen LogP contribution in [0.25, 0.3) is 33.1 Å². The number of aliphatic hydroxyl groups is 1. The lowest BCUT2D eigenvalue weighted by atomic mass is 9.73. The predicted molar refractivity (Wildman–Crippen MR) is 195 cm³/mol. The van der Waals surface area contributed by atoms with Crippen molar-refractivity contribution >= 4 is 27.6 Å². The maximum Gasteiger partial charge on any atom is 0.319 e. The Morgan fingerprint density at radius 1 is 1.10 bits per heavy atom. The average molecular weight is 716 g/mol. The molecule has 0 unspecified atom stereocenters. The average Bonchev–Trinajstić information content (AvgIpc) is 3.73. The van der Waals surface area contributed by atoms with Crippen molar-refractivity contribution in [3.05, 3.63) is 29.2 Å². The Bertz CT molecular complexity index is 2000. The Balaban J connectivity index is 1.16. The first-order valence-electron chi connectivity index (χ1n) is 19.1. The highest BCUT2D eigenvalue weighted by Crippen LogP contribution is 2.52. The number of aromatic amines is 1. The van der Waals surface area contributed by atoms with Crippen LogP contribution in [0.15, 0.2) is 12.3 Å². The molecule has 0 amide bonds. The first-order chi connectivity index (χ1) is 25.2. The minimum Gasteiger partial charge on any atom is -0.480 e. The summed E-state index contributed by atoms with van der Waals surface area (Å²) in [5, 5.41) is 19.8. The number of H-pyrrole nitrogens is 1. The van der Waals surface area contributed by atoms with Crippen LogP contribution in [0.3, 0.4) is 0 Å². The quantitative estimate of drug-likeness (QED) is 0.222. The Morgan fingerprint density at radius 2 is 1.92 bits per heavy atom. The van der Waals surface area contributed by atoms with E-state index < -0.39 is 11.4 Å². The minimum atomic E-state index is -1.16. The molecule has 2 aliphatic heterocycles. The van der Waals surface area contributed by atoms with E-state index in [4.69, 9.17) is 33.9 Å². The Kier molecular flexibility index (Phi) is 8.56. The van der Waals surface area contributed by atoms with Gasteiger partial charge in [0.25, 0.3) is 0 Å². The fourth-order valence-electron chi connectivity index (χ4n) is 9.87. The second-order valence-electron chi connectivity index (χ2n) is 16.3. The summed E-state index contributed by atoms with van der Waals surface area (Å²) < 4.78 is 41.5. The third-order valence-electron chi connectivity index (χ3n) is 12.6. The lowest BCUT2D eigenvalue weighted by molar-refractivity contribution is -0.0845. The van der Waals surface area contributed by atoms with Crippen LogP contribution >= 0.6 is 0 Å². The van der Waals surface area contributed by atoms with Crippen LogP contribution in [0, 0.1) is 18.2 Å². The number of hydrogen-bond donors (Lipinski definition) is 2. The molecule has 9 rings (SSSR count). The van der Waals surface area contributed by atoms with Gasteiger partial charge in [-0.15, -0.1) is 0 Å². The Hall–Kier alpha value is -3.65. The zero-order valence-electron chi connectivity index (χ0n) is 30.7. The van der Waals surface area contributed by atoms with E-state index in [2.05, 4.69) is 28.1 Å². The number of nitrogens with one attached hydrogen (secondary N) is 1. The van der Waals surface area contributed by atoms with E-state index in [1.807, 2.05) is 12.0 Å². The van der Waals surface area contributed by atoms with Gasteiger partial charge in [-0.2, -0.15) is 15.1 Å². The monoisotopic (exact) mass is 715 g/mol. The molecule has 5 heterocycles. The highest BCUT2D eigenvalue weighted by Gasteiger charge is 2.52. The molecular weight excluding hydrogens is 665 g/mol. The fraction of sp³-hybridized carbons (Fsp3) is 0.641. The number of β-amino-alcohol motifs (C(OH)–C–C–N with tert-alkyl or cyclic N) is 1. The summed E-state index contributed by atoms with van der Waals surface area (Å²) >= 11 is 0. The molecular formula is C39H50FN7O5. The number of piperidine rings is 1. The summed E-state index contributed by atoms with van der Waals surface area (Å²) in [5.74, 6) is 0.386. The molecule has 2 saturated heterocycles. The SMILES string of the molecule is COc1nc(-c2c(C3CC3)c(C)cc3[nH]ncc23)c(F)c2nc(OC[C@]34CCC[C@H]3N(C3CC(OC)C3)CCC4)nc(N3CCOC[C@@](C)(O)C3)c12. The molecule has 2 N–H and O–H groups in total. The maximum atomic E-state index is 17.5. The Morgan fingerprint density at radius 3 is 2.71 bits per heavy atom. The van der Waals surface area contributed by atoms with E-state index in [1.54, 1.807) is 13.1 Å². The molecule has 0 spiro atoms. The van der Waals surface area contributed by atoms with Crippen molar-refractivity contribution < 1.29 is 28.4 Å². The Labute approximate surface area is 303 Å². The van der Waals surface area contributed by atoms with Crippen molar-refractivity contribution in [2.45, 2.75) is 101 Å². The molecule has 12 nitrogen and oxygen atoms in total. The molecule has 52 heavy (non-hydrogen) atoms. The summed E-state index contributed by atoms with van der Waals surface area (Å²) in [5.41, 5.74) is 2.77. The highest BCUT2D eigenvalue weighted by molar-refractivity contribution is 6.01. The molecule has 5 fully saturated rings. The smallest absolute Gasteiger partial charge is 0.319 e. The van der Waals surface area contributed by atoms with Crippen LogP contribution in [0.1, 0.15) is 81.8 Å². The van der Waals surface area contributed by atoms with Crippen molar-refractivity contribution in [2.24, 2.45) is 5.41 Å². The van der Waals surface area contributed by atoms with Crippen LogP contribution in [-0.4, -0.2) is 113 Å². The number of halogens is 1. The van der Waals surface area contributed by atoms with Crippen LogP contribution < -0.4 is 14.4 Å². The number of ether oxygens (including phenoxy) is 4. The maximum absolute atomic E-state index is 17.5. The molecule has 1 aromatic carbocycles. The number of methoxy groups -OCH3 is 2. The molecule has 3 aromatic heterocycles. The van der Waals surface area contributed by atoms with E-state index in [0.29, 0.717) is 55.1 Å². The molecule has 0 radical (unpaired) electrons. The standard InChI is InChI=1S/C39H50FN7O5/c1-22-15-27-26(18-41-45-27)30(29(22)23-8-9-23)33-32(40)34-31(36(42-33)50-4)35(46-13-14-51-20-38(2,48)19-46)44-37(43-34)52-21-39-10-5-7-28(39)47(12-6-11-39)24-16-25(17-24)49-3/h15,18,23-25,28,48H,5-14,16-17,19-21H2,1-4H3,(H,41,45)/t24?,25?,28-,38+,39-/m1/s1. The fourth-order valence-corrected chi connectivity index (χ4v) is 9.87. The van der Waals surface area contributed by atoms with Gasteiger partial charge in [-0.3, -0.25) is 10.00 Å². The van der Waals surface area contributed by atoms with Gasteiger partial charge in [0.15, 0.2) is 5.82 Å². The molecule has 5 aliphatic rings. The first kappa shape index (κ1) is 34.1. The number of benzene rings is 1. The summed E-state index contributed by atoms with van der Waals surface area (Å²) in [4.78, 5) is 19.4. The number of aryl methyl sites for hydroxylation is 1. The second kappa shape index (κ2) is 13.0. The zero-order chi connectivity index (χ0) is 35.8. The number of rotatable bonds is 9. The van der Waals surface area contributed by atoms with Crippen LogP contribution in [-0.2, 0) is 9.47 Å². The van der Waals surface area contributed by atoms with Gasteiger partial charge >= 0.3 is 6.01 Å². The van der Waals surface area contributed by atoms with Crippen molar-refractivity contribution in [1.82, 2.24) is 30.0 Å². The molecule has 4 aromatic rings. The lowest BCUT2D eigenvalue weighted by Crippen LogP contribution is -2.59. The summed E-state index contributed by atoms with van der Waals surface area (Å²) in [6.45, 7) is 6.55. The van der Waals surface area contributed by atoms with E-state index in [1.165, 1.54) is 7.11 Å². The number of fused-ring (bicyclic) bond motifs is 3. The van der Waals surface area contributed by atoms with Gasteiger partial charge in [0, 0.05) is 42.1 Å². The van der Waals surface area contributed by atoms with Crippen LogP contribution in [0.2, 0.25) is 0 Å². The van der Waals surface area contributed by atoms with Gasteiger partial charge in [-0.05, 0) is 94.9 Å². The van der Waals surface area contributed by atoms with Gasteiger partial charge in [0.1, 0.15) is 28.0 Å². The van der Waals surface area contributed by atoms with Gasteiger partial charge in [-0.25, -0.2) is 9.37 Å². The van der Waals surface area contributed by atoms with E-state index >= 15 is 4.39 Å². The number of hydrogen-bond acceptors (Lipinski definition) is 11. The second-order valence-corrected chi connectivity index (χ2v) is 16.3. The third-order valence-corrected chi connectivity index (χ3v) is 12.6. The van der Waals surface area contributed by atoms with E-state index in [-0.39, 0.29) is 41.7 Å². The van der Waals surface area contributed by atoms with Gasteiger partial charge in [0.2, 0.25) is 5.88 Å². The largest absolute Gasteiger partial charge is 0.480 e. The highest BCUT2D eigenvalue weighted by atomic mass is 19.1. The molecule has 13 heteroatoms. The van der Waals surface area contributed by atoms with Crippen LogP contribution in [0.5, 0.6) is 11.9 Å². The van der Waals surface area contributed by atoms with Crippen molar-refractivity contribution in [1.29, 1.82) is 0 Å². The summed E-state index contributed by atoms with van der Waals surface area (Å²) in [6.07, 6.45) is 11.9.